The summed E-state index contributed by atoms with van der Waals surface area (Å²) in [5, 5.41) is 6.04. The van der Waals surface area contributed by atoms with Gasteiger partial charge in [-0.15, -0.1) is 0 Å². The van der Waals surface area contributed by atoms with Gasteiger partial charge in [-0.25, -0.2) is 0 Å². The van der Waals surface area contributed by atoms with E-state index in [9.17, 15) is 4.79 Å². The molecule has 0 saturated heterocycles. The molecule has 0 aliphatic heterocycles. The van der Waals surface area contributed by atoms with E-state index >= 15 is 0 Å². The first-order valence-electron chi connectivity index (χ1n) is 8.47. The van der Waals surface area contributed by atoms with Gasteiger partial charge in [0.1, 0.15) is 11.5 Å². The predicted molar refractivity (Wildman–Crippen MR) is 100 cm³/mol. The number of benzene rings is 2. The molecule has 0 atom stereocenters. The number of ether oxygens (including phenoxy) is 2. The fraction of sp³-hybridized carbons (Fsp3) is 0.350. The molecule has 5 heteroatoms. The zero-order valence-electron chi connectivity index (χ0n) is 15.0. The Bertz CT molecular complexity index is 686. The minimum Gasteiger partial charge on any atom is -0.497 e. The first kappa shape index (κ1) is 18.8. The number of hydrogen-bond acceptors (Lipinski definition) is 4. The van der Waals surface area contributed by atoms with E-state index in [4.69, 9.17) is 9.47 Å². The van der Waals surface area contributed by atoms with Crippen LogP contribution in [-0.4, -0.2) is 32.2 Å². The zero-order chi connectivity index (χ0) is 18.1. The molecule has 0 heterocycles. The number of hydrogen-bond donors (Lipinski definition) is 2. The fourth-order valence-electron chi connectivity index (χ4n) is 2.38. The molecule has 2 aromatic carbocycles. The molecule has 134 valence electrons. The van der Waals surface area contributed by atoms with Crippen molar-refractivity contribution in [2.75, 3.05) is 25.5 Å². The molecule has 1 amide bonds. The minimum absolute atomic E-state index is 0.0547. The molecule has 0 aromatic heterocycles. The van der Waals surface area contributed by atoms with Crippen molar-refractivity contribution in [3.05, 3.63) is 54.1 Å². The second-order valence-corrected chi connectivity index (χ2v) is 5.99. The number of amides is 1. The van der Waals surface area contributed by atoms with Gasteiger partial charge >= 0.3 is 0 Å². The fourth-order valence-corrected chi connectivity index (χ4v) is 2.38. The highest BCUT2D eigenvalue weighted by molar-refractivity contribution is 5.93. The lowest BCUT2D eigenvalue weighted by atomic mass is 10.1. The normalized spacial score (nSPS) is 10.6. The van der Waals surface area contributed by atoms with E-state index in [0.717, 1.165) is 12.2 Å². The molecule has 0 bridgehead atoms. The van der Waals surface area contributed by atoms with Gasteiger partial charge < -0.3 is 20.1 Å². The number of nitrogens with one attached hydrogen (secondary N) is 2. The molecule has 0 aliphatic carbocycles. The van der Waals surface area contributed by atoms with Crippen molar-refractivity contribution < 1.29 is 14.3 Å². The van der Waals surface area contributed by atoms with Crippen molar-refractivity contribution in [2.24, 2.45) is 0 Å². The smallest absolute Gasteiger partial charge is 0.238 e. The average molecular weight is 342 g/mol. The van der Waals surface area contributed by atoms with Crippen molar-refractivity contribution in [1.29, 1.82) is 0 Å². The Morgan fingerprint density at radius 3 is 2.68 bits per heavy atom. The van der Waals surface area contributed by atoms with Crippen LogP contribution in [0, 0.1) is 0 Å². The Hall–Kier alpha value is -2.53. The largest absolute Gasteiger partial charge is 0.497 e. The molecule has 0 aliphatic rings. The second-order valence-electron chi connectivity index (χ2n) is 5.99. The van der Waals surface area contributed by atoms with E-state index < -0.39 is 0 Å². The van der Waals surface area contributed by atoms with Gasteiger partial charge in [-0.3, -0.25) is 4.79 Å². The van der Waals surface area contributed by atoms with Crippen molar-refractivity contribution in [2.45, 2.75) is 26.4 Å². The Morgan fingerprint density at radius 1 is 1.12 bits per heavy atom. The summed E-state index contributed by atoms with van der Waals surface area (Å²) in [6, 6.07) is 15.4. The van der Waals surface area contributed by atoms with Gasteiger partial charge in [0, 0.05) is 0 Å². The summed E-state index contributed by atoms with van der Waals surface area (Å²) < 4.78 is 10.9. The van der Waals surface area contributed by atoms with E-state index in [2.05, 4.69) is 10.6 Å². The van der Waals surface area contributed by atoms with Crippen molar-refractivity contribution in [3.8, 4) is 11.5 Å². The number of anilines is 1. The molecule has 0 fully saturated rings. The van der Waals surface area contributed by atoms with E-state index in [1.54, 1.807) is 7.11 Å². The molecule has 2 N–H and O–H groups in total. The summed E-state index contributed by atoms with van der Waals surface area (Å²) in [5.74, 6) is 1.43. The maximum absolute atomic E-state index is 12.1. The van der Waals surface area contributed by atoms with Gasteiger partial charge in [-0.2, -0.15) is 0 Å². The number of para-hydroxylation sites is 2. The van der Waals surface area contributed by atoms with Crippen molar-refractivity contribution >= 4 is 11.6 Å². The van der Waals surface area contributed by atoms with E-state index in [1.165, 1.54) is 5.56 Å². The summed E-state index contributed by atoms with van der Waals surface area (Å²) in [5.41, 5.74) is 1.86. The number of carbonyl (C=O) groups excluding carboxylic acids is 1. The Kier molecular flexibility index (Phi) is 7.29. The molecule has 25 heavy (non-hydrogen) atoms. The van der Waals surface area contributed by atoms with Crippen LogP contribution in [0.3, 0.4) is 0 Å². The molecule has 5 nitrogen and oxygen atoms in total. The van der Waals surface area contributed by atoms with Crippen LogP contribution in [0.15, 0.2) is 48.5 Å². The van der Waals surface area contributed by atoms with E-state index in [-0.39, 0.29) is 18.6 Å². The highest BCUT2D eigenvalue weighted by atomic mass is 16.5. The van der Waals surface area contributed by atoms with Gasteiger partial charge in [0.2, 0.25) is 5.91 Å². The highest BCUT2D eigenvalue weighted by Gasteiger charge is 2.08. The van der Waals surface area contributed by atoms with E-state index in [0.29, 0.717) is 18.0 Å². The summed E-state index contributed by atoms with van der Waals surface area (Å²) in [7, 11) is 1.66. The number of rotatable bonds is 9. The van der Waals surface area contributed by atoms with Gasteiger partial charge in [0.25, 0.3) is 0 Å². The summed E-state index contributed by atoms with van der Waals surface area (Å²) in [4.78, 5) is 12.1. The van der Waals surface area contributed by atoms with Crippen LogP contribution in [0.25, 0.3) is 0 Å². The molecule has 2 aromatic rings. The van der Waals surface area contributed by atoms with Crippen LogP contribution in [0.5, 0.6) is 11.5 Å². The number of methoxy groups -OCH3 is 1. The predicted octanol–water partition coefficient (Wildman–Crippen LogP) is 3.25. The minimum atomic E-state index is -0.0922. The lowest BCUT2D eigenvalue weighted by Gasteiger charge is -2.15. The first-order valence-corrected chi connectivity index (χ1v) is 8.47. The van der Waals surface area contributed by atoms with Gasteiger partial charge in [-0.05, 0) is 56.6 Å². The molecule has 0 radical (unpaired) electrons. The Labute approximate surface area is 149 Å². The number of carbonyl (C=O) groups is 1. The third-order valence-corrected chi connectivity index (χ3v) is 3.53. The highest BCUT2D eigenvalue weighted by Crippen LogP contribution is 2.24. The zero-order valence-corrected chi connectivity index (χ0v) is 15.0. The first-order chi connectivity index (χ1) is 12.1. The Morgan fingerprint density at radius 2 is 1.92 bits per heavy atom. The summed E-state index contributed by atoms with van der Waals surface area (Å²) in [6.45, 7) is 4.88. The van der Waals surface area contributed by atoms with Crippen molar-refractivity contribution in [3.63, 3.8) is 0 Å². The quantitative estimate of drug-likeness (QED) is 0.687. The van der Waals surface area contributed by atoms with Gasteiger partial charge in [-0.1, -0.05) is 24.3 Å². The SMILES string of the molecule is COc1cccc(CCNCC(=O)Nc2ccccc2OC(C)C)c1. The maximum atomic E-state index is 12.1. The monoisotopic (exact) mass is 342 g/mol. The third-order valence-electron chi connectivity index (χ3n) is 3.53. The summed E-state index contributed by atoms with van der Waals surface area (Å²) in [6.07, 6.45) is 0.886. The third kappa shape index (κ3) is 6.47. The average Bonchev–Trinajstić information content (AvgIpc) is 2.60. The maximum Gasteiger partial charge on any atom is 0.238 e. The lowest BCUT2D eigenvalue weighted by Crippen LogP contribution is -2.29. The lowest BCUT2D eigenvalue weighted by molar-refractivity contribution is -0.115. The molecule has 0 saturated carbocycles. The van der Waals surface area contributed by atoms with Crippen LogP contribution < -0.4 is 20.1 Å². The van der Waals surface area contributed by atoms with Gasteiger partial charge in [0.15, 0.2) is 0 Å². The van der Waals surface area contributed by atoms with Gasteiger partial charge in [0.05, 0.1) is 25.4 Å². The van der Waals surface area contributed by atoms with Crippen molar-refractivity contribution in [1.82, 2.24) is 5.32 Å². The van der Waals surface area contributed by atoms with Crippen LogP contribution >= 0.6 is 0 Å². The van der Waals surface area contributed by atoms with Crippen LogP contribution in [-0.2, 0) is 11.2 Å². The van der Waals surface area contributed by atoms with Crippen LogP contribution in [0.2, 0.25) is 0 Å². The molecular weight excluding hydrogens is 316 g/mol. The summed E-state index contributed by atoms with van der Waals surface area (Å²) >= 11 is 0. The molecule has 2 rings (SSSR count). The molecule has 0 spiro atoms. The van der Waals surface area contributed by atoms with Crippen LogP contribution in [0.4, 0.5) is 5.69 Å². The topological polar surface area (TPSA) is 59.6 Å². The van der Waals surface area contributed by atoms with E-state index in [1.807, 2.05) is 62.4 Å². The standard InChI is InChI=1S/C20H26N2O3/c1-15(2)25-19-10-5-4-9-18(19)22-20(23)14-21-12-11-16-7-6-8-17(13-16)24-3/h4-10,13,15,21H,11-12,14H2,1-3H3,(H,22,23). The van der Waals surface area contributed by atoms with Crippen LogP contribution in [0.1, 0.15) is 19.4 Å². The molecular formula is C20H26N2O3. The Balaban J connectivity index is 1.77. The molecule has 0 unspecified atom stereocenters. The second kappa shape index (κ2) is 9.69.